The third-order valence-corrected chi connectivity index (χ3v) is 6.66. The number of aliphatic imine (C=N–C) groups is 1. The molecule has 4 nitrogen and oxygen atoms in total. The number of piperazine rings is 1. The number of anilines is 2. The van der Waals surface area contributed by atoms with Gasteiger partial charge >= 0.3 is 0 Å². The Morgan fingerprint density at radius 3 is 2.38 bits per heavy atom. The van der Waals surface area contributed by atoms with E-state index in [1.54, 1.807) is 0 Å². The first-order valence-electron chi connectivity index (χ1n) is 11.1. The largest absolute Gasteiger partial charge is 0.368 e. The Bertz CT molecular complexity index is 915. The molecule has 1 atom stereocenters. The topological polar surface area (TPSA) is 30.9 Å². The molecule has 0 amide bonds. The van der Waals surface area contributed by atoms with E-state index in [0.717, 1.165) is 32.1 Å². The smallest absolute Gasteiger partial charge is 0.199 e. The standard InChI is InChI=1S/C25H32N4/c1-25(2,3)19-10-12-20(13-11-19)28-14-16-29(17-15-28)24-26-21-8-4-6-18-7-5-9-22(27-24)23(18)21/h4,6,8,10-13,22H,5,7,9,14-17H2,1-3H3,(H,26,27). The van der Waals surface area contributed by atoms with E-state index in [9.17, 15) is 0 Å². The quantitative estimate of drug-likeness (QED) is 0.749. The average molecular weight is 389 g/mol. The second-order valence-corrected chi connectivity index (χ2v) is 9.64. The maximum Gasteiger partial charge on any atom is 0.199 e. The zero-order chi connectivity index (χ0) is 20.0. The molecule has 2 aliphatic heterocycles. The van der Waals surface area contributed by atoms with Gasteiger partial charge in [-0.2, -0.15) is 0 Å². The van der Waals surface area contributed by atoms with Crippen molar-refractivity contribution in [2.24, 2.45) is 4.99 Å². The van der Waals surface area contributed by atoms with Crippen LogP contribution >= 0.6 is 0 Å². The summed E-state index contributed by atoms with van der Waals surface area (Å²) in [5, 5.41) is 3.64. The number of aryl methyl sites for hydroxylation is 1. The lowest BCUT2D eigenvalue weighted by molar-refractivity contribution is 0.379. The lowest BCUT2D eigenvalue weighted by atomic mass is 9.86. The van der Waals surface area contributed by atoms with Crippen LogP contribution in [0, 0.1) is 0 Å². The number of nitrogens with zero attached hydrogens (tertiary/aromatic N) is 3. The number of hydrogen-bond acceptors (Lipinski definition) is 4. The monoisotopic (exact) mass is 388 g/mol. The molecule has 0 saturated carbocycles. The Hall–Kier alpha value is -2.49. The van der Waals surface area contributed by atoms with Crippen LogP contribution in [-0.4, -0.2) is 37.0 Å². The summed E-state index contributed by atoms with van der Waals surface area (Å²) in [5.74, 6) is 1.07. The number of nitrogens with one attached hydrogen (secondary N) is 1. The highest BCUT2D eigenvalue weighted by molar-refractivity contribution is 5.96. The molecular formula is C25H32N4. The minimum atomic E-state index is 0.206. The molecule has 3 aliphatic rings. The van der Waals surface area contributed by atoms with Crippen LogP contribution in [0.25, 0.3) is 0 Å². The first-order valence-corrected chi connectivity index (χ1v) is 11.1. The molecule has 1 aliphatic carbocycles. The molecule has 0 bridgehead atoms. The summed E-state index contributed by atoms with van der Waals surface area (Å²) in [6.07, 6.45) is 3.62. The molecule has 2 aromatic rings. The predicted molar refractivity (Wildman–Crippen MR) is 122 cm³/mol. The number of benzene rings is 2. The summed E-state index contributed by atoms with van der Waals surface area (Å²) in [5.41, 5.74) is 7.14. The number of hydrogen-bond donors (Lipinski definition) is 1. The summed E-state index contributed by atoms with van der Waals surface area (Å²) in [7, 11) is 0. The SMILES string of the molecule is CC(C)(C)c1ccc(N2CCN(C3=NC4CCCc5cccc(c54)N3)CC2)cc1. The van der Waals surface area contributed by atoms with Gasteiger partial charge in [-0.3, -0.25) is 0 Å². The third-order valence-electron chi connectivity index (χ3n) is 6.66. The lowest BCUT2D eigenvalue weighted by Gasteiger charge is -2.40. The molecule has 0 spiro atoms. The summed E-state index contributed by atoms with van der Waals surface area (Å²) in [6.45, 7) is 10.9. The Balaban J connectivity index is 1.27. The third kappa shape index (κ3) is 3.50. The van der Waals surface area contributed by atoms with Crippen LogP contribution in [0.2, 0.25) is 0 Å². The van der Waals surface area contributed by atoms with Crippen molar-refractivity contribution in [3.8, 4) is 0 Å². The number of guanidine groups is 1. The molecule has 5 rings (SSSR count). The second kappa shape index (κ2) is 7.08. The Kier molecular flexibility index (Phi) is 4.53. The van der Waals surface area contributed by atoms with Gasteiger partial charge in [-0.1, -0.05) is 45.0 Å². The maximum atomic E-state index is 5.13. The van der Waals surface area contributed by atoms with Crippen molar-refractivity contribution < 1.29 is 0 Å². The van der Waals surface area contributed by atoms with E-state index >= 15 is 0 Å². The Morgan fingerprint density at radius 1 is 0.931 bits per heavy atom. The van der Waals surface area contributed by atoms with Crippen molar-refractivity contribution in [1.82, 2.24) is 4.90 Å². The fourth-order valence-corrected chi connectivity index (χ4v) is 4.90. The van der Waals surface area contributed by atoms with Gasteiger partial charge in [0.2, 0.25) is 0 Å². The van der Waals surface area contributed by atoms with Gasteiger partial charge in [0.15, 0.2) is 5.96 Å². The molecule has 2 heterocycles. The summed E-state index contributed by atoms with van der Waals surface area (Å²) in [4.78, 5) is 10.1. The van der Waals surface area contributed by atoms with Crippen LogP contribution in [0.3, 0.4) is 0 Å². The summed E-state index contributed by atoms with van der Waals surface area (Å²) < 4.78 is 0. The van der Waals surface area contributed by atoms with Crippen molar-refractivity contribution in [2.75, 3.05) is 36.4 Å². The molecular weight excluding hydrogens is 356 g/mol. The van der Waals surface area contributed by atoms with Crippen LogP contribution in [0.4, 0.5) is 11.4 Å². The molecule has 1 saturated heterocycles. The van der Waals surface area contributed by atoms with Crippen molar-refractivity contribution >= 4 is 17.3 Å². The van der Waals surface area contributed by atoms with E-state index in [-0.39, 0.29) is 5.41 Å². The van der Waals surface area contributed by atoms with Gasteiger partial charge in [-0.15, -0.1) is 0 Å². The van der Waals surface area contributed by atoms with E-state index in [4.69, 9.17) is 4.99 Å². The molecule has 0 radical (unpaired) electrons. The van der Waals surface area contributed by atoms with Crippen molar-refractivity contribution in [2.45, 2.75) is 51.5 Å². The lowest BCUT2D eigenvalue weighted by Crippen LogP contribution is -2.51. The van der Waals surface area contributed by atoms with Crippen LogP contribution in [0.15, 0.2) is 47.5 Å². The van der Waals surface area contributed by atoms with E-state index in [1.807, 2.05) is 0 Å². The van der Waals surface area contributed by atoms with Gasteiger partial charge in [0, 0.05) is 43.1 Å². The first-order chi connectivity index (χ1) is 14.0. The molecule has 1 N–H and O–H groups in total. The van der Waals surface area contributed by atoms with E-state index in [0.29, 0.717) is 6.04 Å². The molecule has 2 aromatic carbocycles. The normalized spacial score (nSPS) is 21.3. The van der Waals surface area contributed by atoms with Crippen molar-refractivity contribution in [3.63, 3.8) is 0 Å². The fourth-order valence-electron chi connectivity index (χ4n) is 4.90. The minimum absolute atomic E-state index is 0.206. The highest BCUT2D eigenvalue weighted by Crippen LogP contribution is 2.40. The molecule has 29 heavy (non-hydrogen) atoms. The zero-order valence-corrected chi connectivity index (χ0v) is 17.9. The molecule has 0 aromatic heterocycles. The van der Waals surface area contributed by atoms with Gasteiger partial charge in [0.05, 0.1) is 6.04 Å². The van der Waals surface area contributed by atoms with Gasteiger partial charge in [0.25, 0.3) is 0 Å². The van der Waals surface area contributed by atoms with Crippen LogP contribution < -0.4 is 10.2 Å². The van der Waals surface area contributed by atoms with Crippen molar-refractivity contribution in [1.29, 1.82) is 0 Å². The van der Waals surface area contributed by atoms with E-state index < -0.39 is 0 Å². The molecule has 1 unspecified atom stereocenters. The van der Waals surface area contributed by atoms with Crippen molar-refractivity contribution in [3.05, 3.63) is 59.2 Å². The van der Waals surface area contributed by atoms with Gasteiger partial charge in [-0.25, -0.2) is 4.99 Å². The maximum absolute atomic E-state index is 5.13. The average Bonchev–Trinajstić information content (AvgIpc) is 2.74. The van der Waals surface area contributed by atoms with Gasteiger partial charge in [0.1, 0.15) is 0 Å². The van der Waals surface area contributed by atoms with Gasteiger partial charge < -0.3 is 15.1 Å². The zero-order valence-electron chi connectivity index (χ0n) is 17.9. The second-order valence-electron chi connectivity index (χ2n) is 9.64. The summed E-state index contributed by atoms with van der Waals surface area (Å²) >= 11 is 0. The Labute approximate surface area is 174 Å². The highest BCUT2D eigenvalue weighted by atomic mass is 15.4. The highest BCUT2D eigenvalue weighted by Gasteiger charge is 2.30. The first kappa shape index (κ1) is 18.5. The van der Waals surface area contributed by atoms with E-state index in [2.05, 4.69) is 78.4 Å². The number of rotatable bonds is 1. The minimum Gasteiger partial charge on any atom is -0.368 e. The molecule has 1 fully saturated rings. The van der Waals surface area contributed by atoms with Crippen LogP contribution in [-0.2, 0) is 11.8 Å². The van der Waals surface area contributed by atoms with E-state index in [1.165, 1.54) is 47.3 Å². The summed E-state index contributed by atoms with van der Waals surface area (Å²) in [6, 6.07) is 16.2. The molecule has 4 heteroatoms. The molecule has 152 valence electrons. The van der Waals surface area contributed by atoms with Gasteiger partial charge in [-0.05, 0) is 54.0 Å². The predicted octanol–water partition coefficient (Wildman–Crippen LogP) is 4.97. The fraction of sp³-hybridized carbons (Fsp3) is 0.480. The van der Waals surface area contributed by atoms with Crippen LogP contribution in [0.1, 0.15) is 56.3 Å². The Morgan fingerprint density at radius 2 is 1.66 bits per heavy atom. The van der Waals surface area contributed by atoms with Crippen LogP contribution in [0.5, 0.6) is 0 Å².